The van der Waals surface area contributed by atoms with Crippen LogP contribution in [0.5, 0.6) is 0 Å². The zero-order valence-electron chi connectivity index (χ0n) is 23.1. The maximum absolute atomic E-state index is 11.0. The summed E-state index contributed by atoms with van der Waals surface area (Å²) < 4.78 is 0. The van der Waals surface area contributed by atoms with E-state index >= 15 is 0 Å². The summed E-state index contributed by atoms with van der Waals surface area (Å²) in [5, 5.41) is 21.8. The Hall–Kier alpha value is -0.500. The molecular formula is C31H58O2. The number of rotatable bonds is 15. The van der Waals surface area contributed by atoms with Crippen molar-refractivity contribution in [3.05, 3.63) is 11.3 Å². The molecule has 0 amide bonds. The van der Waals surface area contributed by atoms with Crippen LogP contribution < -0.4 is 0 Å². The highest BCUT2D eigenvalue weighted by atomic mass is 16.3. The van der Waals surface area contributed by atoms with E-state index in [1.165, 1.54) is 76.2 Å². The van der Waals surface area contributed by atoms with Crippen LogP contribution >= 0.6 is 0 Å². The molecule has 1 saturated carbocycles. The number of allylic oxidation sites excluding steroid dienone is 1. The van der Waals surface area contributed by atoms with Crippen molar-refractivity contribution in [2.45, 2.75) is 144 Å². The topological polar surface area (TPSA) is 40.5 Å². The highest BCUT2D eigenvalue weighted by molar-refractivity contribution is 5.21. The van der Waals surface area contributed by atoms with Crippen LogP contribution in [0.15, 0.2) is 11.3 Å². The minimum absolute atomic E-state index is 0.129. The lowest BCUT2D eigenvalue weighted by Gasteiger charge is -2.43. The standard InChI is InChI=1S/C31H58O2/c1-22(2)12-9-13-23(3)14-10-15-24(4)16-11-17-25(5)20-21-27-26(6)30(32)28-18-7-8-19-29(28)31(27)33/h22-26,28-30,32-33H,7-21H2,1-6H3/t23-,24-,25+,26-,28+,29+,30-/m1/s1. The molecule has 0 bridgehead atoms. The average molecular weight is 463 g/mol. The van der Waals surface area contributed by atoms with E-state index < -0.39 is 0 Å². The Morgan fingerprint density at radius 3 is 1.76 bits per heavy atom. The van der Waals surface area contributed by atoms with Crippen molar-refractivity contribution in [1.82, 2.24) is 0 Å². The molecule has 0 saturated heterocycles. The van der Waals surface area contributed by atoms with Gasteiger partial charge in [-0.25, -0.2) is 0 Å². The van der Waals surface area contributed by atoms with Crippen LogP contribution in [0, 0.1) is 41.4 Å². The molecule has 0 heterocycles. The van der Waals surface area contributed by atoms with Crippen molar-refractivity contribution < 1.29 is 10.2 Å². The van der Waals surface area contributed by atoms with E-state index in [0.29, 0.717) is 17.6 Å². The summed E-state index contributed by atoms with van der Waals surface area (Å²) in [6.45, 7) is 14.1. The Morgan fingerprint density at radius 2 is 1.21 bits per heavy atom. The van der Waals surface area contributed by atoms with Gasteiger partial charge in [0, 0.05) is 11.8 Å². The minimum Gasteiger partial charge on any atom is -0.512 e. The number of aliphatic hydroxyl groups is 2. The van der Waals surface area contributed by atoms with Gasteiger partial charge in [-0.1, -0.05) is 112 Å². The molecule has 0 aromatic carbocycles. The van der Waals surface area contributed by atoms with Gasteiger partial charge >= 0.3 is 0 Å². The van der Waals surface area contributed by atoms with Crippen molar-refractivity contribution >= 4 is 0 Å². The van der Waals surface area contributed by atoms with Crippen molar-refractivity contribution in [3.8, 4) is 0 Å². The number of hydrogen-bond acceptors (Lipinski definition) is 2. The van der Waals surface area contributed by atoms with E-state index in [9.17, 15) is 10.2 Å². The van der Waals surface area contributed by atoms with E-state index in [0.717, 1.165) is 43.4 Å². The van der Waals surface area contributed by atoms with Crippen LogP contribution in [0.2, 0.25) is 0 Å². The second kappa shape index (κ2) is 14.8. The van der Waals surface area contributed by atoms with Gasteiger partial charge in [0.25, 0.3) is 0 Å². The summed E-state index contributed by atoms with van der Waals surface area (Å²) in [7, 11) is 0. The van der Waals surface area contributed by atoms with E-state index in [1.807, 2.05) is 0 Å². The van der Waals surface area contributed by atoms with Gasteiger partial charge in [-0.05, 0) is 60.8 Å². The molecular weight excluding hydrogens is 404 g/mol. The van der Waals surface area contributed by atoms with Crippen LogP contribution in [0.1, 0.15) is 138 Å². The summed E-state index contributed by atoms with van der Waals surface area (Å²) in [6, 6.07) is 0. The molecule has 194 valence electrons. The molecule has 0 aromatic heterocycles. The molecule has 33 heavy (non-hydrogen) atoms. The molecule has 0 spiro atoms. The Bertz CT molecular complexity index is 565. The molecule has 2 heteroatoms. The quantitative estimate of drug-likeness (QED) is 0.254. The van der Waals surface area contributed by atoms with Gasteiger partial charge in [0.05, 0.1) is 11.9 Å². The first-order chi connectivity index (χ1) is 15.7. The molecule has 0 radical (unpaired) electrons. The van der Waals surface area contributed by atoms with Gasteiger partial charge in [0.1, 0.15) is 0 Å². The fraction of sp³-hybridized carbons (Fsp3) is 0.935. The van der Waals surface area contributed by atoms with Crippen LogP contribution in [-0.2, 0) is 0 Å². The Morgan fingerprint density at radius 1 is 0.727 bits per heavy atom. The maximum Gasteiger partial charge on any atom is 0.0952 e. The Kier molecular flexibility index (Phi) is 12.9. The lowest BCUT2D eigenvalue weighted by atomic mass is 9.65. The molecule has 7 atom stereocenters. The van der Waals surface area contributed by atoms with E-state index in [1.54, 1.807) is 0 Å². The van der Waals surface area contributed by atoms with Gasteiger partial charge in [0.2, 0.25) is 0 Å². The predicted octanol–water partition coefficient (Wildman–Crippen LogP) is 9.47. The van der Waals surface area contributed by atoms with Crippen LogP contribution in [-0.4, -0.2) is 16.3 Å². The Balaban J connectivity index is 1.61. The van der Waals surface area contributed by atoms with Crippen LogP contribution in [0.25, 0.3) is 0 Å². The normalized spacial score (nSPS) is 28.6. The average Bonchev–Trinajstić information content (AvgIpc) is 2.77. The monoisotopic (exact) mass is 462 g/mol. The van der Waals surface area contributed by atoms with E-state index in [4.69, 9.17) is 0 Å². The zero-order valence-corrected chi connectivity index (χ0v) is 23.1. The molecule has 0 unspecified atom stereocenters. The van der Waals surface area contributed by atoms with E-state index in [2.05, 4.69) is 41.5 Å². The molecule has 0 aromatic rings. The summed E-state index contributed by atoms with van der Waals surface area (Å²) >= 11 is 0. The summed E-state index contributed by atoms with van der Waals surface area (Å²) in [4.78, 5) is 0. The summed E-state index contributed by atoms with van der Waals surface area (Å²) in [6.07, 6.45) is 18.8. The molecule has 1 fully saturated rings. The third kappa shape index (κ3) is 9.58. The van der Waals surface area contributed by atoms with Gasteiger partial charge < -0.3 is 10.2 Å². The zero-order chi connectivity index (χ0) is 24.4. The molecule has 2 nitrogen and oxygen atoms in total. The van der Waals surface area contributed by atoms with E-state index in [-0.39, 0.29) is 17.9 Å². The van der Waals surface area contributed by atoms with Crippen molar-refractivity contribution in [2.75, 3.05) is 0 Å². The van der Waals surface area contributed by atoms with Crippen molar-refractivity contribution in [2.24, 2.45) is 41.4 Å². The number of fused-ring (bicyclic) bond motifs is 1. The van der Waals surface area contributed by atoms with Crippen LogP contribution in [0.4, 0.5) is 0 Å². The second-order valence-corrected chi connectivity index (χ2v) is 12.8. The summed E-state index contributed by atoms with van der Waals surface area (Å²) in [5.41, 5.74) is 1.17. The maximum atomic E-state index is 11.0. The number of hydrogen-bond donors (Lipinski definition) is 2. The van der Waals surface area contributed by atoms with Gasteiger partial charge in [-0.15, -0.1) is 0 Å². The van der Waals surface area contributed by atoms with Gasteiger partial charge in [-0.3, -0.25) is 0 Å². The van der Waals surface area contributed by atoms with Crippen molar-refractivity contribution in [1.29, 1.82) is 0 Å². The highest BCUT2D eigenvalue weighted by Crippen LogP contribution is 2.46. The first-order valence-electron chi connectivity index (χ1n) is 14.8. The fourth-order valence-electron chi connectivity index (χ4n) is 6.65. The first kappa shape index (κ1) is 28.7. The molecule has 2 N–H and O–H groups in total. The fourth-order valence-corrected chi connectivity index (χ4v) is 6.65. The third-order valence-corrected chi connectivity index (χ3v) is 9.17. The largest absolute Gasteiger partial charge is 0.512 e. The number of aliphatic hydroxyl groups excluding tert-OH is 2. The molecule has 2 aliphatic carbocycles. The SMILES string of the molecule is CC(C)CCC[C@@H](C)CCC[C@@H](C)CCC[C@H](C)CCC1=C(O)[C@H]2CCCC[C@@H]2[C@H](O)[C@@H]1C. The lowest BCUT2D eigenvalue weighted by molar-refractivity contribution is -0.000609. The highest BCUT2D eigenvalue weighted by Gasteiger charge is 2.42. The van der Waals surface area contributed by atoms with Crippen LogP contribution in [0.3, 0.4) is 0 Å². The lowest BCUT2D eigenvalue weighted by Crippen LogP contribution is -2.41. The Labute approximate surface area is 207 Å². The smallest absolute Gasteiger partial charge is 0.0952 e. The molecule has 2 rings (SSSR count). The predicted molar refractivity (Wildman–Crippen MR) is 143 cm³/mol. The minimum atomic E-state index is -0.254. The third-order valence-electron chi connectivity index (χ3n) is 9.17. The van der Waals surface area contributed by atoms with Crippen molar-refractivity contribution in [3.63, 3.8) is 0 Å². The second-order valence-electron chi connectivity index (χ2n) is 12.8. The summed E-state index contributed by atoms with van der Waals surface area (Å²) in [5.74, 6) is 4.61. The molecule has 0 aliphatic heterocycles. The van der Waals surface area contributed by atoms with Gasteiger partial charge in [0.15, 0.2) is 0 Å². The first-order valence-corrected chi connectivity index (χ1v) is 14.8. The van der Waals surface area contributed by atoms with Gasteiger partial charge in [-0.2, -0.15) is 0 Å². The molecule has 2 aliphatic rings.